The molecule has 0 radical (unpaired) electrons. The average Bonchev–Trinajstić information content (AvgIpc) is 3.33. The fourth-order valence-corrected chi connectivity index (χ4v) is 3.75. The molecule has 4 rings (SSSR count). The van der Waals surface area contributed by atoms with E-state index in [1.165, 1.54) is 5.56 Å². The van der Waals surface area contributed by atoms with Crippen LogP contribution in [0.2, 0.25) is 0 Å². The Bertz CT molecular complexity index is 835. The molecule has 0 N–H and O–H groups in total. The standard InChI is InChI=1S/C23H21ClO2/c24-23-21(22(23)18-9-3-1-4-10-18)16-25-15-17-8-7-13-20(14-17)26-19-11-5-2-6-12-19/h1-14,21-23H,15-16H2/t21-,22-,23+/m0/s1. The minimum absolute atomic E-state index is 0.171. The molecule has 2 nitrogen and oxygen atoms in total. The van der Waals surface area contributed by atoms with Gasteiger partial charge in [0.2, 0.25) is 0 Å². The summed E-state index contributed by atoms with van der Waals surface area (Å²) in [6.45, 7) is 1.24. The van der Waals surface area contributed by atoms with E-state index in [0.717, 1.165) is 17.1 Å². The minimum atomic E-state index is 0.171. The van der Waals surface area contributed by atoms with Crippen molar-refractivity contribution in [1.82, 2.24) is 0 Å². The molecule has 3 aromatic carbocycles. The van der Waals surface area contributed by atoms with Gasteiger partial charge in [0.1, 0.15) is 11.5 Å². The van der Waals surface area contributed by atoms with E-state index in [0.29, 0.717) is 25.0 Å². The molecule has 0 spiro atoms. The Morgan fingerprint density at radius 3 is 2.23 bits per heavy atom. The van der Waals surface area contributed by atoms with Crippen LogP contribution in [0.3, 0.4) is 0 Å². The molecule has 3 aromatic rings. The zero-order valence-corrected chi connectivity index (χ0v) is 15.2. The first kappa shape index (κ1) is 17.1. The summed E-state index contributed by atoms with van der Waals surface area (Å²) in [6, 6.07) is 28.3. The summed E-state index contributed by atoms with van der Waals surface area (Å²) in [4.78, 5) is 0. The highest BCUT2D eigenvalue weighted by Gasteiger charge is 2.49. The monoisotopic (exact) mass is 364 g/mol. The molecule has 0 saturated heterocycles. The lowest BCUT2D eigenvalue weighted by molar-refractivity contribution is 0.110. The van der Waals surface area contributed by atoms with Crippen molar-refractivity contribution in [2.75, 3.05) is 6.61 Å². The Hall–Kier alpha value is -2.29. The number of hydrogen-bond donors (Lipinski definition) is 0. The van der Waals surface area contributed by atoms with Gasteiger partial charge in [0, 0.05) is 17.2 Å². The molecule has 0 unspecified atom stereocenters. The van der Waals surface area contributed by atoms with E-state index in [4.69, 9.17) is 21.1 Å². The van der Waals surface area contributed by atoms with E-state index in [9.17, 15) is 0 Å². The number of alkyl halides is 1. The number of rotatable bonds is 7. The summed E-state index contributed by atoms with van der Waals surface area (Å²) in [5.41, 5.74) is 2.40. The maximum absolute atomic E-state index is 6.45. The van der Waals surface area contributed by atoms with E-state index in [1.54, 1.807) is 0 Å². The largest absolute Gasteiger partial charge is 0.457 e. The van der Waals surface area contributed by atoms with Crippen LogP contribution in [-0.2, 0) is 11.3 Å². The van der Waals surface area contributed by atoms with Crippen molar-refractivity contribution in [3.63, 3.8) is 0 Å². The molecule has 0 amide bonds. The van der Waals surface area contributed by atoms with Crippen molar-refractivity contribution in [3.05, 3.63) is 96.1 Å². The molecular weight excluding hydrogens is 344 g/mol. The second kappa shape index (κ2) is 7.94. The summed E-state index contributed by atoms with van der Waals surface area (Å²) in [7, 11) is 0. The van der Waals surface area contributed by atoms with Crippen molar-refractivity contribution in [2.45, 2.75) is 17.9 Å². The average molecular weight is 365 g/mol. The van der Waals surface area contributed by atoms with Crippen molar-refractivity contribution < 1.29 is 9.47 Å². The number of halogens is 1. The van der Waals surface area contributed by atoms with Crippen LogP contribution in [0.4, 0.5) is 0 Å². The predicted molar refractivity (Wildman–Crippen MR) is 105 cm³/mol. The molecular formula is C23H21ClO2. The summed E-state index contributed by atoms with van der Waals surface area (Å²) >= 11 is 6.45. The number of ether oxygens (including phenoxy) is 2. The summed E-state index contributed by atoms with van der Waals surface area (Å²) in [5, 5.41) is 0.171. The molecule has 3 heteroatoms. The maximum atomic E-state index is 6.45. The first-order chi connectivity index (χ1) is 12.8. The van der Waals surface area contributed by atoms with Crippen LogP contribution >= 0.6 is 11.6 Å². The second-order valence-corrected chi connectivity index (χ2v) is 7.13. The van der Waals surface area contributed by atoms with Gasteiger partial charge in [-0.1, -0.05) is 60.7 Å². The lowest BCUT2D eigenvalue weighted by Crippen LogP contribution is -2.00. The Balaban J connectivity index is 1.30. The third kappa shape index (κ3) is 4.09. The Kier molecular flexibility index (Phi) is 5.24. The maximum Gasteiger partial charge on any atom is 0.127 e. The molecule has 0 aliphatic heterocycles. The smallest absolute Gasteiger partial charge is 0.127 e. The molecule has 0 heterocycles. The molecule has 0 aromatic heterocycles. The van der Waals surface area contributed by atoms with Gasteiger partial charge in [0.25, 0.3) is 0 Å². The third-order valence-corrected chi connectivity index (χ3v) is 5.31. The third-order valence-electron chi connectivity index (χ3n) is 4.71. The molecule has 1 aliphatic rings. The fourth-order valence-electron chi connectivity index (χ4n) is 3.27. The summed E-state index contributed by atoms with van der Waals surface area (Å²) < 4.78 is 11.8. The van der Waals surface area contributed by atoms with E-state index < -0.39 is 0 Å². The van der Waals surface area contributed by atoms with E-state index in [2.05, 4.69) is 30.3 Å². The van der Waals surface area contributed by atoms with E-state index in [-0.39, 0.29) is 5.38 Å². The molecule has 1 fully saturated rings. The lowest BCUT2D eigenvalue weighted by Gasteiger charge is -2.08. The zero-order chi connectivity index (χ0) is 17.8. The zero-order valence-electron chi connectivity index (χ0n) is 14.4. The highest BCUT2D eigenvalue weighted by Crippen LogP contribution is 2.51. The van der Waals surface area contributed by atoms with Gasteiger partial charge >= 0.3 is 0 Å². The van der Waals surface area contributed by atoms with Gasteiger partial charge in [-0.15, -0.1) is 11.6 Å². The van der Waals surface area contributed by atoms with Crippen LogP contribution in [0.5, 0.6) is 11.5 Å². The van der Waals surface area contributed by atoms with Crippen LogP contribution in [-0.4, -0.2) is 12.0 Å². The van der Waals surface area contributed by atoms with Crippen molar-refractivity contribution in [2.24, 2.45) is 5.92 Å². The Morgan fingerprint density at radius 2 is 1.46 bits per heavy atom. The Labute approximate surface area is 159 Å². The predicted octanol–water partition coefficient (Wildman–Crippen LogP) is 6.02. The molecule has 0 bridgehead atoms. The number of hydrogen-bond acceptors (Lipinski definition) is 2. The van der Waals surface area contributed by atoms with Gasteiger partial charge in [-0.2, -0.15) is 0 Å². The SMILES string of the molecule is Cl[C@@H]1[C@@H](COCc2cccc(Oc3ccccc3)c2)[C@@H]1c1ccccc1. The minimum Gasteiger partial charge on any atom is -0.457 e. The number of benzene rings is 3. The normalized spacial score (nSPS) is 21.3. The molecule has 1 saturated carbocycles. The fraction of sp³-hybridized carbons (Fsp3) is 0.217. The van der Waals surface area contributed by atoms with Gasteiger partial charge in [0.05, 0.1) is 13.2 Å². The molecule has 26 heavy (non-hydrogen) atoms. The molecule has 3 atom stereocenters. The van der Waals surface area contributed by atoms with Crippen LogP contribution in [0.15, 0.2) is 84.9 Å². The quantitative estimate of drug-likeness (QED) is 0.477. The highest BCUT2D eigenvalue weighted by atomic mass is 35.5. The van der Waals surface area contributed by atoms with Gasteiger partial charge in [0.15, 0.2) is 0 Å². The van der Waals surface area contributed by atoms with Crippen LogP contribution in [0.1, 0.15) is 17.0 Å². The van der Waals surface area contributed by atoms with Gasteiger partial charge in [-0.05, 0) is 35.4 Å². The van der Waals surface area contributed by atoms with Crippen molar-refractivity contribution in [3.8, 4) is 11.5 Å². The number of para-hydroxylation sites is 1. The second-order valence-electron chi connectivity index (χ2n) is 6.62. The van der Waals surface area contributed by atoms with Crippen molar-refractivity contribution in [1.29, 1.82) is 0 Å². The van der Waals surface area contributed by atoms with Gasteiger partial charge in [-0.3, -0.25) is 0 Å². The first-order valence-electron chi connectivity index (χ1n) is 8.90. The van der Waals surface area contributed by atoms with Crippen molar-refractivity contribution >= 4 is 11.6 Å². The molecule has 132 valence electrons. The van der Waals surface area contributed by atoms with E-state index >= 15 is 0 Å². The van der Waals surface area contributed by atoms with Crippen LogP contribution in [0.25, 0.3) is 0 Å². The Morgan fingerprint density at radius 1 is 0.769 bits per heavy atom. The van der Waals surface area contributed by atoms with E-state index in [1.807, 2.05) is 54.6 Å². The lowest BCUT2D eigenvalue weighted by atomic mass is 10.1. The van der Waals surface area contributed by atoms with Gasteiger partial charge in [-0.25, -0.2) is 0 Å². The topological polar surface area (TPSA) is 18.5 Å². The van der Waals surface area contributed by atoms with Gasteiger partial charge < -0.3 is 9.47 Å². The highest BCUT2D eigenvalue weighted by molar-refractivity contribution is 6.23. The van der Waals surface area contributed by atoms with Crippen LogP contribution < -0.4 is 4.74 Å². The van der Waals surface area contributed by atoms with Crippen LogP contribution in [0, 0.1) is 5.92 Å². The first-order valence-corrected chi connectivity index (χ1v) is 9.33. The summed E-state index contributed by atoms with van der Waals surface area (Å²) in [5.74, 6) is 2.45. The summed E-state index contributed by atoms with van der Waals surface area (Å²) in [6.07, 6.45) is 0. The molecule has 1 aliphatic carbocycles.